The van der Waals surface area contributed by atoms with Crippen LogP contribution in [0.2, 0.25) is 0 Å². The maximum absolute atomic E-state index is 6.99. The number of para-hydroxylation sites is 7. The van der Waals surface area contributed by atoms with Crippen LogP contribution in [-0.4, -0.2) is 23.3 Å². The molecule has 14 aromatic rings. The van der Waals surface area contributed by atoms with Gasteiger partial charge in [-0.1, -0.05) is 142 Å². The number of rotatable bonds is 7. The highest BCUT2D eigenvalue weighted by molar-refractivity contribution is 6.40. The fraction of sp³-hybridized carbons (Fsp3) is 0.0625. The lowest BCUT2D eigenvalue weighted by atomic mass is 9.88. The fourth-order valence-corrected chi connectivity index (χ4v) is 11.0. The molecular weight excluding hydrogens is 869 g/mol. The van der Waals surface area contributed by atoms with Crippen LogP contribution in [0.4, 0.5) is 0 Å². The monoisotopic (exact) mass is 914 g/mol. The number of imidazole rings is 1. The van der Waals surface area contributed by atoms with Gasteiger partial charge in [-0.3, -0.25) is 13.7 Å². The van der Waals surface area contributed by atoms with E-state index in [1.165, 1.54) is 27.1 Å². The van der Waals surface area contributed by atoms with Gasteiger partial charge >= 0.3 is 0 Å². The minimum atomic E-state index is -0.121. The molecule has 0 bridgehead atoms. The van der Waals surface area contributed by atoms with Gasteiger partial charge in [-0.2, -0.15) is 0 Å². The third-order valence-corrected chi connectivity index (χ3v) is 14.2. The van der Waals surface area contributed by atoms with Crippen LogP contribution in [-0.2, 0) is 5.41 Å². The highest BCUT2D eigenvalue weighted by Gasteiger charge is 2.30. The Morgan fingerprint density at radius 2 is 0.958 bits per heavy atom. The molecule has 5 heterocycles. The fourth-order valence-electron chi connectivity index (χ4n) is 11.0. The zero-order chi connectivity index (χ0) is 47.4. The van der Waals surface area contributed by atoms with Crippen LogP contribution in [0.3, 0.4) is 0 Å². The van der Waals surface area contributed by atoms with Crippen LogP contribution in [0.25, 0.3) is 105 Å². The summed E-state index contributed by atoms with van der Waals surface area (Å²) in [5, 5.41) is 6.97. The minimum absolute atomic E-state index is 0.121. The molecule has 0 aliphatic rings. The van der Waals surface area contributed by atoms with Crippen molar-refractivity contribution in [1.82, 2.24) is 23.3 Å². The molecule has 0 aliphatic carbocycles. The maximum Gasteiger partial charge on any atom is 0.269 e. The lowest BCUT2D eigenvalue weighted by Gasteiger charge is -2.20. The van der Waals surface area contributed by atoms with Gasteiger partial charge < -0.3 is 13.9 Å². The van der Waals surface area contributed by atoms with Crippen LogP contribution in [0, 0.1) is 6.33 Å². The molecule has 0 amide bonds. The first kappa shape index (κ1) is 40.8. The van der Waals surface area contributed by atoms with Gasteiger partial charge in [0.05, 0.1) is 55.5 Å². The van der Waals surface area contributed by atoms with Crippen LogP contribution in [0.1, 0.15) is 26.3 Å². The van der Waals surface area contributed by atoms with Crippen molar-refractivity contribution in [2.24, 2.45) is 0 Å². The number of nitrogens with zero attached hydrogens (tertiary/aromatic N) is 6. The quantitative estimate of drug-likeness (QED) is 0.118. The Morgan fingerprint density at radius 1 is 0.437 bits per heavy atom. The summed E-state index contributed by atoms with van der Waals surface area (Å²) >= 11 is 0. The van der Waals surface area contributed by atoms with Crippen molar-refractivity contribution < 1.29 is 9.30 Å². The van der Waals surface area contributed by atoms with Crippen molar-refractivity contribution >= 4 is 76.5 Å². The first-order valence-corrected chi connectivity index (χ1v) is 24.2. The van der Waals surface area contributed by atoms with E-state index in [1.807, 2.05) is 18.3 Å². The van der Waals surface area contributed by atoms with Gasteiger partial charge in [-0.25, -0.2) is 4.98 Å². The number of hydrogen-bond acceptors (Lipinski definition) is 2. The van der Waals surface area contributed by atoms with Crippen molar-refractivity contribution in [2.45, 2.75) is 26.2 Å². The topological polar surface area (TPSA) is 45.7 Å². The minimum Gasteiger partial charge on any atom is -0.458 e. The highest BCUT2D eigenvalue weighted by Crippen LogP contribution is 2.50. The Labute approximate surface area is 409 Å². The van der Waals surface area contributed by atoms with Crippen LogP contribution >= 0.6 is 0 Å². The zero-order valence-corrected chi connectivity index (χ0v) is 39.5. The summed E-state index contributed by atoms with van der Waals surface area (Å²) in [6.45, 7) is 6.79. The van der Waals surface area contributed by atoms with E-state index in [0.29, 0.717) is 5.75 Å². The molecule has 71 heavy (non-hydrogen) atoms. The standard InChI is InChI=1S/C64H46N6O/c1-64(2,3)42-36-37-65-57(38-42)70-56-40-48(71-47-27-19-26-46(39-47)67-41-66(43-20-7-4-8-21-43)54-32-17-18-33-55(54)67)34-35-51(56)60-62-58(49-28-13-15-30-52(49)69(62)45-24-11-6-12-25-45)61-59(63(60)70)50-29-14-16-31-53(50)68(61)44-22-9-5-10-23-44/h4-40H,1-3H3. The summed E-state index contributed by atoms with van der Waals surface area (Å²) < 4.78 is 18.6. The first-order valence-electron chi connectivity index (χ1n) is 24.2. The van der Waals surface area contributed by atoms with Gasteiger partial charge in [0.1, 0.15) is 17.3 Å². The Hall–Kier alpha value is -9.20. The van der Waals surface area contributed by atoms with Gasteiger partial charge in [-0.05, 0) is 102 Å². The molecule has 0 saturated heterocycles. The van der Waals surface area contributed by atoms with E-state index in [9.17, 15) is 0 Å². The smallest absolute Gasteiger partial charge is 0.269 e. The van der Waals surface area contributed by atoms with Crippen molar-refractivity contribution in [2.75, 3.05) is 0 Å². The van der Waals surface area contributed by atoms with Crippen molar-refractivity contribution in [1.29, 1.82) is 0 Å². The molecule has 0 spiro atoms. The maximum atomic E-state index is 6.99. The molecule has 9 aromatic carbocycles. The van der Waals surface area contributed by atoms with Crippen molar-refractivity contribution in [3.8, 4) is 40.1 Å². The average molecular weight is 915 g/mol. The summed E-state index contributed by atoms with van der Waals surface area (Å²) in [6.07, 6.45) is 5.60. The second-order valence-electron chi connectivity index (χ2n) is 19.4. The van der Waals surface area contributed by atoms with E-state index in [0.717, 1.165) is 89.2 Å². The second kappa shape index (κ2) is 15.7. The highest BCUT2D eigenvalue weighted by atomic mass is 16.5. The number of ether oxygens (including phenoxy) is 1. The lowest BCUT2D eigenvalue weighted by molar-refractivity contribution is -0.572. The Balaban J connectivity index is 1.09. The molecule has 7 nitrogen and oxygen atoms in total. The van der Waals surface area contributed by atoms with Crippen molar-refractivity contribution in [3.63, 3.8) is 0 Å². The number of hydrogen-bond donors (Lipinski definition) is 0. The zero-order valence-electron chi connectivity index (χ0n) is 39.5. The van der Waals surface area contributed by atoms with E-state index in [4.69, 9.17) is 9.72 Å². The number of benzene rings is 9. The molecule has 14 rings (SSSR count). The predicted molar refractivity (Wildman–Crippen MR) is 290 cm³/mol. The van der Waals surface area contributed by atoms with Crippen LogP contribution < -0.4 is 9.30 Å². The average Bonchev–Trinajstić information content (AvgIpc) is 4.16. The molecule has 0 fully saturated rings. The summed E-state index contributed by atoms with van der Waals surface area (Å²) in [5.74, 6) is 2.28. The number of pyridine rings is 1. The molecule has 338 valence electrons. The second-order valence-corrected chi connectivity index (χ2v) is 19.4. The summed E-state index contributed by atoms with van der Waals surface area (Å²) in [4.78, 5) is 5.26. The molecule has 5 aromatic heterocycles. The third kappa shape index (κ3) is 6.29. The van der Waals surface area contributed by atoms with Gasteiger partial charge in [0.15, 0.2) is 0 Å². The molecule has 0 atom stereocenters. The third-order valence-electron chi connectivity index (χ3n) is 14.2. The number of aromatic nitrogens is 6. The molecular formula is C64H46N6O. The molecule has 0 saturated carbocycles. The predicted octanol–water partition coefficient (Wildman–Crippen LogP) is 15.5. The Kier molecular flexibility index (Phi) is 9.01. The van der Waals surface area contributed by atoms with Crippen LogP contribution in [0.15, 0.2) is 225 Å². The van der Waals surface area contributed by atoms with E-state index in [1.54, 1.807) is 0 Å². The first-order chi connectivity index (χ1) is 34.9. The molecule has 0 radical (unpaired) electrons. The number of fused-ring (bicyclic) bond motifs is 13. The largest absolute Gasteiger partial charge is 0.458 e. The molecule has 0 unspecified atom stereocenters. The van der Waals surface area contributed by atoms with E-state index in [-0.39, 0.29) is 5.41 Å². The van der Waals surface area contributed by atoms with Gasteiger partial charge in [0.2, 0.25) is 0 Å². The van der Waals surface area contributed by atoms with E-state index in [2.05, 4.69) is 256 Å². The Bertz CT molecular complexity index is 4400. The van der Waals surface area contributed by atoms with Gasteiger partial charge in [-0.15, -0.1) is 0 Å². The molecule has 7 heteroatoms. The SMILES string of the molecule is CC(C)(C)c1ccnc(-n2c3cc(Oc4cccc(-[n+]5[c-]n(-c6ccccc6)c6ccccc65)c4)ccc3c3c4c(c5ccccc5n4-c4ccccc4)c4c(c5ccccc5n4-c4ccccc4)c32)c1. The summed E-state index contributed by atoms with van der Waals surface area (Å²) in [6, 6.07) is 77.4. The van der Waals surface area contributed by atoms with Crippen molar-refractivity contribution in [3.05, 3.63) is 236 Å². The van der Waals surface area contributed by atoms with Crippen LogP contribution in [0.5, 0.6) is 11.5 Å². The molecule has 0 aliphatic heterocycles. The lowest BCUT2D eigenvalue weighted by Crippen LogP contribution is -2.29. The van der Waals surface area contributed by atoms with Gasteiger partial charge in [0.25, 0.3) is 6.33 Å². The van der Waals surface area contributed by atoms with Gasteiger partial charge in [0, 0.05) is 56.0 Å². The molecule has 0 N–H and O–H groups in total. The van der Waals surface area contributed by atoms with E-state index >= 15 is 0 Å². The van der Waals surface area contributed by atoms with E-state index < -0.39 is 0 Å². The normalized spacial score (nSPS) is 12.2. The summed E-state index contributed by atoms with van der Waals surface area (Å²) in [5.41, 5.74) is 14.0. The summed E-state index contributed by atoms with van der Waals surface area (Å²) in [7, 11) is 0. The Morgan fingerprint density at radius 3 is 1.58 bits per heavy atom.